The zero-order valence-electron chi connectivity index (χ0n) is 6.12. The van der Waals surface area contributed by atoms with Crippen molar-refractivity contribution in [1.29, 1.82) is 0 Å². The Bertz CT molecular complexity index is 256. The first-order valence-corrected chi connectivity index (χ1v) is 4.22. The van der Waals surface area contributed by atoms with Crippen molar-refractivity contribution in [2.45, 2.75) is 13.1 Å². The first kappa shape index (κ1) is 6.97. The average Bonchev–Trinajstić information content (AvgIpc) is 2.29. The van der Waals surface area contributed by atoms with Gasteiger partial charge in [-0.05, 0) is 6.92 Å². The summed E-state index contributed by atoms with van der Waals surface area (Å²) < 4.78 is 16.4. The number of hydrogen-bond acceptors (Lipinski definition) is 4. The fourth-order valence-corrected chi connectivity index (χ4v) is 1.69. The van der Waals surface area contributed by atoms with E-state index in [1.54, 1.807) is 0 Å². The average molecular weight is 173 g/mol. The van der Waals surface area contributed by atoms with Crippen LogP contribution in [0.15, 0.2) is 0 Å². The van der Waals surface area contributed by atoms with Gasteiger partial charge in [-0.25, -0.2) is 9.37 Å². The summed E-state index contributed by atoms with van der Waals surface area (Å²) in [4.78, 5) is 6.03. The molecule has 1 fully saturated rings. The van der Waals surface area contributed by atoms with E-state index in [2.05, 4.69) is 9.36 Å². The molecule has 0 atom stereocenters. The Morgan fingerprint density at radius 2 is 2.36 bits per heavy atom. The summed E-state index contributed by atoms with van der Waals surface area (Å²) >= 11 is 1.33. The van der Waals surface area contributed by atoms with Gasteiger partial charge in [0, 0.05) is 11.5 Å². The lowest BCUT2D eigenvalue weighted by atomic mass is 10.2. The third kappa shape index (κ3) is 1.20. The molecule has 0 radical (unpaired) electrons. The summed E-state index contributed by atoms with van der Waals surface area (Å²) in [6.07, 6.45) is -0.667. The van der Waals surface area contributed by atoms with E-state index in [1.165, 1.54) is 11.5 Å². The molecule has 0 unspecified atom stereocenters. The molecule has 0 amide bonds. The Labute approximate surface area is 68.0 Å². The van der Waals surface area contributed by atoms with Gasteiger partial charge >= 0.3 is 0 Å². The molecule has 5 heteroatoms. The van der Waals surface area contributed by atoms with E-state index in [0.717, 1.165) is 11.0 Å². The highest BCUT2D eigenvalue weighted by Gasteiger charge is 2.28. The lowest BCUT2D eigenvalue weighted by Crippen LogP contribution is -2.48. The Balaban J connectivity index is 2.07. The summed E-state index contributed by atoms with van der Waals surface area (Å²) in [5.41, 5.74) is 0. The fraction of sp³-hybridized carbons (Fsp3) is 0.667. The Morgan fingerprint density at radius 3 is 2.82 bits per heavy atom. The number of aryl methyl sites for hydroxylation is 1. The fourth-order valence-electron chi connectivity index (χ4n) is 0.996. The molecule has 60 valence electrons. The van der Waals surface area contributed by atoms with Gasteiger partial charge in [-0.3, -0.25) is 0 Å². The molecule has 0 saturated carbocycles. The Hall–Kier alpha value is -0.710. The summed E-state index contributed by atoms with van der Waals surface area (Å²) in [6.45, 7) is 2.80. The van der Waals surface area contributed by atoms with Gasteiger partial charge in [0.2, 0.25) is 5.13 Å². The number of anilines is 1. The van der Waals surface area contributed by atoms with Crippen molar-refractivity contribution in [3.8, 4) is 0 Å². The largest absolute Gasteiger partial charge is 0.341 e. The summed E-state index contributed by atoms with van der Waals surface area (Å²) in [7, 11) is 0. The molecule has 3 nitrogen and oxygen atoms in total. The second kappa shape index (κ2) is 2.41. The van der Waals surface area contributed by atoms with Crippen molar-refractivity contribution in [2.75, 3.05) is 18.0 Å². The first-order valence-electron chi connectivity index (χ1n) is 3.45. The number of alkyl halides is 1. The summed E-state index contributed by atoms with van der Waals surface area (Å²) in [5.74, 6) is 0.771. The molecular weight excluding hydrogens is 165 g/mol. The van der Waals surface area contributed by atoms with Crippen molar-refractivity contribution in [3.63, 3.8) is 0 Å². The van der Waals surface area contributed by atoms with Crippen LogP contribution in [0.2, 0.25) is 0 Å². The highest BCUT2D eigenvalue weighted by Crippen LogP contribution is 2.23. The Kier molecular flexibility index (Phi) is 1.52. The highest BCUT2D eigenvalue weighted by molar-refractivity contribution is 7.09. The monoisotopic (exact) mass is 173 g/mol. The predicted molar refractivity (Wildman–Crippen MR) is 41.8 cm³/mol. The molecular formula is C6H8FN3S. The molecule has 0 aromatic carbocycles. The molecule has 2 heterocycles. The quantitative estimate of drug-likeness (QED) is 0.634. The molecule has 1 aromatic rings. The predicted octanol–water partition coefficient (Wildman–Crippen LogP) is 1.00. The molecule has 0 spiro atoms. The molecule has 11 heavy (non-hydrogen) atoms. The topological polar surface area (TPSA) is 29.0 Å². The van der Waals surface area contributed by atoms with Crippen LogP contribution in [0.3, 0.4) is 0 Å². The van der Waals surface area contributed by atoms with Crippen LogP contribution in [-0.2, 0) is 0 Å². The van der Waals surface area contributed by atoms with Crippen molar-refractivity contribution in [2.24, 2.45) is 0 Å². The highest BCUT2D eigenvalue weighted by atomic mass is 32.1. The summed E-state index contributed by atoms with van der Waals surface area (Å²) in [5, 5.41) is 0.844. The number of halogens is 1. The lowest BCUT2D eigenvalue weighted by Gasteiger charge is -2.33. The van der Waals surface area contributed by atoms with E-state index in [1.807, 2.05) is 11.8 Å². The van der Waals surface area contributed by atoms with E-state index in [4.69, 9.17) is 0 Å². The van der Waals surface area contributed by atoms with Crippen molar-refractivity contribution in [3.05, 3.63) is 5.82 Å². The van der Waals surface area contributed by atoms with Gasteiger partial charge in [0.1, 0.15) is 12.0 Å². The zero-order chi connectivity index (χ0) is 7.84. The number of aromatic nitrogens is 2. The second-order valence-corrected chi connectivity index (χ2v) is 3.36. The van der Waals surface area contributed by atoms with E-state index < -0.39 is 6.17 Å². The van der Waals surface area contributed by atoms with Gasteiger partial charge < -0.3 is 4.90 Å². The van der Waals surface area contributed by atoms with Crippen LogP contribution >= 0.6 is 11.5 Å². The van der Waals surface area contributed by atoms with Crippen LogP contribution in [0, 0.1) is 6.92 Å². The minimum atomic E-state index is -0.667. The van der Waals surface area contributed by atoms with Crippen LogP contribution in [0.25, 0.3) is 0 Å². The zero-order valence-corrected chi connectivity index (χ0v) is 6.94. The molecule has 0 bridgehead atoms. The van der Waals surface area contributed by atoms with E-state index in [0.29, 0.717) is 13.1 Å². The van der Waals surface area contributed by atoms with Gasteiger partial charge in [0.25, 0.3) is 0 Å². The van der Waals surface area contributed by atoms with E-state index >= 15 is 0 Å². The second-order valence-electron chi connectivity index (χ2n) is 2.63. The third-order valence-corrected chi connectivity index (χ3v) is 2.49. The maximum Gasteiger partial charge on any atom is 0.205 e. The standard InChI is InChI=1S/C6H8FN3S/c1-4-8-6(11-9-4)10-2-5(7)3-10/h5H,2-3H2,1H3. The lowest BCUT2D eigenvalue weighted by molar-refractivity contribution is 0.274. The van der Waals surface area contributed by atoms with Crippen LogP contribution in [0.1, 0.15) is 5.82 Å². The smallest absolute Gasteiger partial charge is 0.205 e. The van der Waals surface area contributed by atoms with Crippen molar-refractivity contribution >= 4 is 16.7 Å². The maximum absolute atomic E-state index is 12.4. The van der Waals surface area contributed by atoms with Gasteiger partial charge in [-0.15, -0.1) is 0 Å². The summed E-state index contributed by atoms with van der Waals surface area (Å²) in [6, 6.07) is 0. The number of hydrogen-bond donors (Lipinski definition) is 0. The van der Waals surface area contributed by atoms with Gasteiger partial charge in [0.05, 0.1) is 13.1 Å². The molecule has 2 rings (SSSR count). The molecule has 1 aliphatic rings. The van der Waals surface area contributed by atoms with Gasteiger partial charge in [-0.2, -0.15) is 4.37 Å². The normalized spacial score (nSPS) is 18.5. The molecule has 0 N–H and O–H groups in total. The number of nitrogens with zero attached hydrogens (tertiary/aromatic N) is 3. The molecule has 1 aromatic heterocycles. The van der Waals surface area contributed by atoms with Gasteiger partial charge in [0.15, 0.2) is 0 Å². The van der Waals surface area contributed by atoms with Crippen LogP contribution in [0.4, 0.5) is 9.52 Å². The van der Waals surface area contributed by atoms with Crippen LogP contribution in [-0.4, -0.2) is 28.6 Å². The van der Waals surface area contributed by atoms with E-state index in [9.17, 15) is 4.39 Å². The van der Waals surface area contributed by atoms with Crippen molar-refractivity contribution in [1.82, 2.24) is 9.36 Å². The minimum absolute atomic E-state index is 0.481. The minimum Gasteiger partial charge on any atom is -0.341 e. The van der Waals surface area contributed by atoms with Crippen molar-refractivity contribution < 1.29 is 4.39 Å². The third-order valence-electron chi connectivity index (χ3n) is 1.62. The van der Waals surface area contributed by atoms with Gasteiger partial charge in [-0.1, -0.05) is 0 Å². The van der Waals surface area contributed by atoms with E-state index in [-0.39, 0.29) is 0 Å². The van der Waals surface area contributed by atoms with Crippen LogP contribution in [0.5, 0.6) is 0 Å². The molecule has 1 aliphatic heterocycles. The Morgan fingerprint density at radius 1 is 1.64 bits per heavy atom. The number of rotatable bonds is 1. The molecule has 1 saturated heterocycles. The maximum atomic E-state index is 12.4. The van der Waals surface area contributed by atoms with Crippen LogP contribution < -0.4 is 4.90 Å². The molecule has 0 aliphatic carbocycles. The first-order chi connectivity index (χ1) is 5.25. The SMILES string of the molecule is Cc1nsc(N2CC(F)C2)n1.